The maximum Gasteiger partial charge on any atom is 0.180 e. The molecule has 1 fully saturated rings. The molecule has 1 aromatic heterocycles. The highest BCUT2D eigenvalue weighted by molar-refractivity contribution is 7.80. The Bertz CT molecular complexity index is 648. The summed E-state index contributed by atoms with van der Waals surface area (Å²) < 4.78 is 0. The lowest BCUT2D eigenvalue weighted by molar-refractivity contribution is -0.122. The van der Waals surface area contributed by atoms with Crippen molar-refractivity contribution >= 4 is 39.6 Å². The number of rotatable bonds is 4. The largest absolute Gasteiger partial charge is 0.377 e. The van der Waals surface area contributed by atoms with E-state index in [-0.39, 0.29) is 12.5 Å². The normalized spacial score (nSPS) is 18.5. The van der Waals surface area contributed by atoms with Gasteiger partial charge in [0, 0.05) is 17.7 Å². The van der Waals surface area contributed by atoms with Crippen molar-refractivity contribution in [1.29, 1.82) is 0 Å². The lowest BCUT2D eigenvalue weighted by atomic mass is 9.70. The summed E-state index contributed by atoms with van der Waals surface area (Å²) in [5.41, 5.74) is 17.3. The van der Waals surface area contributed by atoms with Gasteiger partial charge in [0.05, 0.1) is 5.69 Å². The van der Waals surface area contributed by atoms with E-state index in [1.165, 1.54) is 49.1 Å². The van der Waals surface area contributed by atoms with Gasteiger partial charge in [0.1, 0.15) is 5.78 Å². The third-order valence-electron chi connectivity index (χ3n) is 7.09. The van der Waals surface area contributed by atoms with Gasteiger partial charge in [-0.2, -0.15) is 0 Å². The number of aryl methyl sites for hydroxylation is 1. The molecule has 0 aromatic carbocycles. The van der Waals surface area contributed by atoms with Gasteiger partial charge >= 0.3 is 0 Å². The Morgan fingerprint density at radius 3 is 1.83 bits per heavy atom. The minimum atomic E-state index is 0. The van der Waals surface area contributed by atoms with E-state index in [2.05, 4.69) is 56.4 Å². The van der Waals surface area contributed by atoms with E-state index in [1.54, 1.807) is 11.3 Å². The Balaban J connectivity index is 0.000000473. The summed E-state index contributed by atoms with van der Waals surface area (Å²) in [6, 6.07) is 0. The standard InChI is InChI=1S/C11H18N2S.C10H18O.CH4N2S.CH4/c1-3-11(4-2)6-5-8-9(7-11)14-10(12)13-8;1-3-10(4-2)7-5-9(11)6-8-10;2-1(3)4;/h3-7H2,1-2H3,(H2,12,13);3-8H2,1-2H3;(H4,2,3,4);1H4. The summed E-state index contributed by atoms with van der Waals surface area (Å²) in [6.07, 6.45) is 12.6. The Kier molecular flexibility index (Phi) is 12.7. The smallest absolute Gasteiger partial charge is 0.180 e. The lowest BCUT2D eigenvalue weighted by Gasteiger charge is -2.34. The Morgan fingerprint density at radius 2 is 1.40 bits per heavy atom. The van der Waals surface area contributed by atoms with Crippen LogP contribution in [0.1, 0.15) is 103 Å². The summed E-state index contributed by atoms with van der Waals surface area (Å²) in [6.45, 7) is 9.11. The molecule has 0 atom stereocenters. The number of ketones is 1. The zero-order chi connectivity index (χ0) is 22.1. The van der Waals surface area contributed by atoms with Gasteiger partial charge in [-0.3, -0.25) is 4.79 Å². The fourth-order valence-electron chi connectivity index (χ4n) is 4.42. The van der Waals surface area contributed by atoms with Gasteiger partial charge in [-0.05, 0) is 55.2 Å². The monoisotopic (exact) mass is 456 g/mol. The van der Waals surface area contributed by atoms with Crippen LogP contribution < -0.4 is 17.2 Å². The van der Waals surface area contributed by atoms with Crippen molar-refractivity contribution in [3.63, 3.8) is 0 Å². The third-order valence-corrected chi connectivity index (χ3v) is 8.02. The second kappa shape index (κ2) is 13.3. The number of nitrogen functional groups attached to an aromatic ring is 1. The van der Waals surface area contributed by atoms with Crippen molar-refractivity contribution in [3.8, 4) is 0 Å². The molecule has 0 saturated heterocycles. The summed E-state index contributed by atoms with van der Waals surface area (Å²) in [5.74, 6) is 0.475. The molecule has 3 rings (SSSR count). The maximum atomic E-state index is 11.0. The number of thiazole rings is 1. The molecule has 30 heavy (non-hydrogen) atoms. The van der Waals surface area contributed by atoms with E-state index in [9.17, 15) is 4.79 Å². The zero-order valence-corrected chi connectivity index (χ0v) is 20.3. The number of anilines is 1. The second-order valence-electron chi connectivity index (χ2n) is 8.45. The minimum absolute atomic E-state index is 0. The first-order valence-corrected chi connectivity index (χ1v) is 12.2. The number of carbonyl (C=O) groups is 1. The van der Waals surface area contributed by atoms with Gasteiger partial charge in [-0.15, -0.1) is 11.3 Å². The Labute approximate surface area is 193 Å². The predicted molar refractivity (Wildman–Crippen MR) is 136 cm³/mol. The molecule has 0 aliphatic heterocycles. The molecule has 2 aliphatic carbocycles. The second-order valence-corrected chi connectivity index (χ2v) is 10.0. The molecule has 0 bridgehead atoms. The average molecular weight is 457 g/mol. The van der Waals surface area contributed by atoms with Crippen LogP contribution in [0.3, 0.4) is 0 Å². The lowest BCUT2D eigenvalue weighted by Crippen LogP contribution is -2.26. The SMILES string of the molecule is C.CCC1(CC)CCC(=O)CC1.CCC1(CC)CCc2nc(N)sc2C1.NC(N)=S. The van der Waals surface area contributed by atoms with Gasteiger partial charge in [-0.1, -0.05) is 60.8 Å². The molecular weight excluding hydrogens is 412 g/mol. The Hall–Kier alpha value is -1.21. The van der Waals surface area contributed by atoms with E-state index in [4.69, 9.17) is 5.73 Å². The fourth-order valence-corrected chi connectivity index (χ4v) is 5.47. The molecule has 5 nitrogen and oxygen atoms in total. The molecule has 7 heteroatoms. The van der Waals surface area contributed by atoms with E-state index in [1.807, 2.05) is 0 Å². The van der Waals surface area contributed by atoms with Crippen molar-refractivity contribution in [2.45, 2.75) is 106 Å². The maximum absolute atomic E-state index is 11.0. The first-order valence-electron chi connectivity index (χ1n) is 11.0. The Morgan fingerprint density at radius 1 is 0.967 bits per heavy atom. The van der Waals surface area contributed by atoms with Crippen LogP contribution in [0.2, 0.25) is 0 Å². The average Bonchev–Trinajstić information content (AvgIpc) is 3.08. The zero-order valence-electron chi connectivity index (χ0n) is 18.7. The topological polar surface area (TPSA) is 108 Å². The molecule has 0 radical (unpaired) electrons. The van der Waals surface area contributed by atoms with E-state index in [0.717, 1.165) is 37.2 Å². The quantitative estimate of drug-likeness (QED) is 0.495. The molecule has 2 aliphatic rings. The number of nitrogens with two attached hydrogens (primary N) is 3. The van der Waals surface area contributed by atoms with Crippen molar-refractivity contribution in [2.24, 2.45) is 22.3 Å². The first-order chi connectivity index (χ1) is 13.6. The van der Waals surface area contributed by atoms with Gasteiger partial charge in [0.15, 0.2) is 10.2 Å². The molecule has 174 valence electrons. The molecule has 1 heterocycles. The van der Waals surface area contributed by atoms with Gasteiger partial charge < -0.3 is 17.2 Å². The van der Waals surface area contributed by atoms with Crippen LogP contribution >= 0.6 is 23.6 Å². The van der Waals surface area contributed by atoms with Crippen LogP contribution in [0.15, 0.2) is 0 Å². The number of hydrogen-bond acceptors (Lipinski definition) is 5. The van der Waals surface area contributed by atoms with Crippen LogP contribution in [-0.2, 0) is 17.6 Å². The van der Waals surface area contributed by atoms with Crippen LogP contribution in [0.25, 0.3) is 0 Å². The van der Waals surface area contributed by atoms with Gasteiger partial charge in [-0.25, -0.2) is 4.98 Å². The number of fused-ring (bicyclic) bond motifs is 1. The minimum Gasteiger partial charge on any atom is -0.377 e. The molecule has 0 amide bonds. The van der Waals surface area contributed by atoms with Crippen LogP contribution in [0, 0.1) is 10.8 Å². The molecule has 1 aromatic rings. The summed E-state index contributed by atoms with van der Waals surface area (Å²) in [5, 5.41) is 0.748. The number of thiocarbonyl (C=S) groups is 1. The van der Waals surface area contributed by atoms with Gasteiger partial charge in [0.2, 0.25) is 0 Å². The number of carbonyl (C=O) groups excluding carboxylic acids is 1. The van der Waals surface area contributed by atoms with Crippen LogP contribution in [-0.4, -0.2) is 15.9 Å². The van der Waals surface area contributed by atoms with Crippen LogP contribution in [0.4, 0.5) is 5.13 Å². The molecule has 0 spiro atoms. The summed E-state index contributed by atoms with van der Waals surface area (Å²) in [4.78, 5) is 16.8. The van der Waals surface area contributed by atoms with Crippen molar-refractivity contribution in [2.75, 3.05) is 5.73 Å². The third kappa shape index (κ3) is 8.50. The highest BCUT2D eigenvalue weighted by atomic mass is 32.1. The van der Waals surface area contributed by atoms with Gasteiger partial charge in [0.25, 0.3) is 0 Å². The highest BCUT2D eigenvalue weighted by Crippen LogP contribution is 2.43. The number of nitrogens with zero attached hydrogens (tertiary/aromatic N) is 1. The predicted octanol–water partition coefficient (Wildman–Crippen LogP) is 5.78. The molecule has 0 unspecified atom stereocenters. The van der Waals surface area contributed by atoms with Crippen molar-refractivity contribution in [1.82, 2.24) is 4.98 Å². The summed E-state index contributed by atoms with van der Waals surface area (Å²) in [7, 11) is 0. The molecule has 6 N–H and O–H groups in total. The van der Waals surface area contributed by atoms with Crippen molar-refractivity contribution in [3.05, 3.63) is 10.6 Å². The van der Waals surface area contributed by atoms with E-state index in [0.29, 0.717) is 16.6 Å². The summed E-state index contributed by atoms with van der Waals surface area (Å²) >= 11 is 5.78. The van der Waals surface area contributed by atoms with Crippen molar-refractivity contribution < 1.29 is 4.79 Å². The number of hydrogen-bond donors (Lipinski definition) is 3. The van der Waals surface area contributed by atoms with E-state index >= 15 is 0 Å². The molecular formula is C23H44N4OS2. The number of aromatic nitrogens is 1. The fraction of sp³-hybridized carbons (Fsp3) is 0.783. The van der Waals surface area contributed by atoms with Crippen LogP contribution in [0.5, 0.6) is 0 Å². The number of Topliss-reactive ketones (excluding diaryl/α,β-unsaturated/α-hetero) is 1. The first kappa shape index (κ1) is 28.8. The highest BCUT2D eigenvalue weighted by Gasteiger charge is 2.33. The molecule has 1 saturated carbocycles. The van der Waals surface area contributed by atoms with E-state index < -0.39 is 0 Å².